The molecule has 6 nitrogen and oxygen atoms in total. The van der Waals surface area contributed by atoms with Crippen LogP contribution in [0.4, 0.5) is 13.2 Å². The minimum Gasteiger partial charge on any atom is -0.481 e. The third-order valence-corrected chi connectivity index (χ3v) is 6.63. The second kappa shape index (κ2) is 20.3. The van der Waals surface area contributed by atoms with Crippen molar-refractivity contribution in [2.24, 2.45) is 0 Å². The summed E-state index contributed by atoms with van der Waals surface area (Å²) in [5, 5.41) is 19.1. The Kier molecular flexibility index (Phi) is 19.2. The molecule has 0 aromatic heterocycles. The molecule has 0 aliphatic carbocycles. The summed E-state index contributed by atoms with van der Waals surface area (Å²) in [6.45, 7) is 2.20. The van der Waals surface area contributed by atoms with Gasteiger partial charge in [-0.05, 0) is 19.3 Å². The van der Waals surface area contributed by atoms with Crippen LogP contribution in [0.5, 0.6) is 0 Å². The lowest BCUT2D eigenvalue weighted by atomic mass is 10.1. The fourth-order valence-electron chi connectivity index (χ4n) is 3.32. The Bertz CT molecular complexity index is 676. The molecule has 2 unspecified atom stereocenters. The van der Waals surface area contributed by atoms with Gasteiger partial charge in [0.05, 0.1) is 5.25 Å². The first-order valence-electron chi connectivity index (χ1n) is 12.5. The van der Waals surface area contributed by atoms with Gasteiger partial charge in [-0.15, -0.1) is 17.7 Å². The van der Waals surface area contributed by atoms with Crippen LogP contribution < -0.4 is 5.32 Å². The predicted molar refractivity (Wildman–Crippen MR) is 132 cm³/mol. The van der Waals surface area contributed by atoms with Crippen LogP contribution >= 0.6 is 11.8 Å². The number of aliphatic carboxylic acids is 2. The molecule has 0 rings (SSSR count). The van der Waals surface area contributed by atoms with Crippen molar-refractivity contribution in [2.45, 2.75) is 121 Å². The van der Waals surface area contributed by atoms with E-state index in [2.05, 4.69) is 18.8 Å². The minimum atomic E-state index is -5.16. The average molecular weight is 524 g/mol. The van der Waals surface area contributed by atoms with E-state index in [-0.39, 0.29) is 17.4 Å². The fourth-order valence-corrected chi connectivity index (χ4v) is 4.47. The highest BCUT2D eigenvalue weighted by molar-refractivity contribution is 8.00. The molecule has 0 spiro atoms. The number of thioether (sulfide) groups is 1. The van der Waals surface area contributed by atoms with Crippen LogP contribution in [0, 0.1) is 11.8 Å². The lowest BCUT2D eigenvalue weighted by Crippen LogP contribution is -2.48. The van der Waals surface area contributed by atoms with E-state index in [4.69, 9.17) is 10.2 Å². The topological polar surface area (TPSA) is 104 Å². The Hall–Kier alpha value is -1.89. The van der Waals surface area contributed by atoms with Crippen molar-refractivity contribution >= 4 is 29.6 Å². The fraction of sp³-hybridized carbons (Fsp3) is 0.800. The SMILES string of the molecule is CCCCCCCCCCCCC#CC(CCCCC(=O)O)SCC(NC(=O)C(F)(F)F)C(=O)O. The molecule has 0 heterocycles. The van der Waals surface area contributed by atoms with Crippen LogP contribution in [0.2, 0.25) is 0 Å². The molecular formula is C25H40F3NO5S. The maximum atomic E-state index is 12.5. The number of nitrogens with one attached hydrogen (secondary N) is 1. The normalized spacial score (nSPS) is 12.9. The van der Waals surface area contributed by atoms with E-state index in [0.29, 0.717) is 25.7 Å². The molecule has 10 heteroatoms. The molecule has 35 heavy (non-hydrogen) atoms. The van der Waals surface area contributed by atoms with Crippen molar-refractivity contribution in [3.63, 3.8) is 0 Å². The van der Waals surface area contributed by atoms with Crippen LogP contribution in [0.3, 0.4) is 0 Å². The molecule has 202 valence electrons. The second-order valence-corrected chi connectivity index (χ2v) is 9.81. The summed E-state index contributed by atoms with van der Waals surface area (Å²) in [6.07, 6.45) is 9.05. The van der Waals surface area contributed by atoms with Crippen LogP contribution in [0.1, 0.15) is 103 Å². The van der Waals surface area contributed by atoms with E-state index < -0.39 is 30.1 Å². The van der Waals surface area contributed by atoms with Crippen molar-refractivity contribution in [1.82, 2.24) is 5.32 Å². The molecular weight excluding hydrogens is 483 g/mol. The number of alkyl halides is 3. The number of carbonyl (C=O) groups is 3. The molecule has 0 aliphatic heterocycles. The summed E-state index contributed by atoms with van der Waals surface area (Å²) in [5.41, 5.74) is 0. The Morgan fingerprint density at radius 2 is 1.46 bits per heavy atom. The minimum absolute atomic E-state index is 0.00279. The molecule has 3 N–H and O–H groups in total. The van der Waals surface area contributed by atoms with Crippen molar-refractivity contribution in [3.8, 4) is 11.8 Å². The molecule has 0 aromatic carbocycles. The molecule has 0 bridgehead atoms. The molecule has 0 aromatic rings. The summed E-state index contributed by atoms with van der Waals surface area (Å²) in [7, 11) is 0. The van der Waals surface area contributed by atoms with Crippen molar-refractivity contribution in [1.29, 1.82) is 0 Å². The number of carboxylic acids is 2. The van der Waals surface area contributed by atoms with Gasteiger partial charge in [0.2, 0.25) is 0 Å². The smallest absolute Gasteiger partial charge is 0.471 e. The molecule has 0 aliphatic rings. The number of hydrogen-bond donors (Lipinski definition) is 3. The second-order valence-electron chi connectivity index (χ2n) is 8.58. The zero-order valence-electron chi connectivity index (χ0n) is 20.6. The third kappa shape index (κ3) is 20.0. The maximum Gasteiger partial charge on any atom is 0.471 e. The Morgan fingerprint density at radius 1 is 0.886 bits per heavy atom. The maximum absolute atomic E-state index is 12.5. The van der Waals surface area contributed by atoms with Gasteiger partial charge in [-0.2, -0.15) is 13.2 Å². The number of carbonyl (C=O) groups excluding carboxylic acids is 1. The molecule has 0 saturated heterocycles. The van der Waals surface area contributed by atoms with Gasteiger partial charge >= 0.3 is 24.0 Å². The van der Waals surface area contributed by atoms with Gasteiger partial charge in [-0.1, -0.05) is 77.1 Å². The first-order chi connectivity index (χ1) is 16.6. The monoisotopic (exact) mass is 523 g/mol. The van der Waals surface area contributed by atoms with E-state index in [1.807, 2.05) is 0 Å². The van der Waals surface area contributed by atoms with Gasteiger partial charge in [-0.25, -0.2) is 4.79 Å². The summed E-state index contributed by atoms with van der Waals surface area (Å²) < 4.78 is 37.4. The molecule has 2 atom stereocenters. The van der Waals surface area contributed by atoms with E-state index in [9.17, 15) is 27.6 Å². The van der Waals surface area contributed by atoms with Gasteiger partial charge in [0.25, 0.3) is 0 Å². The van der Waals surface area contributed by atoms with Gasteiger partial charge in [0, 0.05) is 18.6 Å². The van der Waals surface area contributed by atoms with Gasteiger partial charge in [0.1, 0.15) is 6.04 Å². The summed E-state index contributed by atoms with van der Waals surface area (Å²) in [4.78, 5) is 33.1. The molecule has 0 fully saturated rings. The molecule has 1 amide bonds. The molecule has 0 radical (unpaired) electrons. The average Bonchev–Trinajstić information content (AvgIpc) is 2.78. The van der Waals surface area contributed by atoms with Gasteiger partial charge in [-0.3, -0.25) is 9.59 Å². The van der Waals surface area contributed by atoms with Crippen molar-refractivity contribution in [3.05, 3.63) is 0 Å². The number of amides is 1. The first-order valence-corrected chi connectivity index (χ1v) is 13.5. The highest BCUT2D eigenvalue weighted by Gasteiger charge is 2.40. The standard InChI is InChI=1S/C25H40F3NO5S/c1-2-3-4-5-6-7-8-9-10-11-12-13-16-20(17-14-15-18-22(30)31)35-19-21(23(32)33)29-24(34)25(26,27)28/h20-21H,2-12,14-15,17-19H2,1H3,(H,29,34)(H,30,31)(H,32,33). The largest absolute Gasteiger partial charge is 0.481 e. The number of unbranched alkanes of at least 4 members (excludes halogenated alkanes) is 11. The van der Waals surface area contributed by atoms with E-state index >= 15 is 0 Å². The summed E-state index contributed by atoms with van der Waals surface area (Å²) in [6, 6.07) is -1.69. The lowest BCUT2D eigenvalue weighted by molar-refractivity contribution is -0.175. The highest BCUT2D eigenvalue weighted by atomic mass is 32.2. The Balaban J connectivity index is 4.53. The Labute approximate surface area is 211 Å². The van der Waals surface area contributed by atoms with Crippen LogP contribution in [0.15, 0.2) is 0 Å². The van der Waals surface area contributed by atoms with Gasteiger partial charge in [0.15, 0.2) is 0 Å². The van der Waals surface area contributed by atoms with Crippen LogP contribution in [-0.4, -0.2) is 51.3 Å². The van der Waals surface area contributed by atoms with E-state index in [1.165, 1.54) is 50.3 Å². The predicted octanol–water partition coefficient (Wildman–Crippen LogP) is 6.18. The highest BCUT2D eigenvalue weighted by Crippen LogP contribution is 2.20. The Morgan fingerprint density at radius 3 is 1.97 bits per heavy atom. The quantitative estimate of drug-likeness (QED) is 0.130. The zero-order chi connectivity index (χ0) is 26.5. The van der Waals surface area contributed by atoms with Crippen LogP contribution in [-0.2, 0) is 14.4 Å². The van der Waals surface area contributed by atoms with E-state index in [1.54, 1.807) is 0 Å². The number of halogens is 3. The summed E-state index contributed by atoms with van der Waals surface area (Å²) >= 11 is 1.07. The van der Waals surface area contributed by atoms with Crippen molar-refractivity contribution in [2.75, 3.05) is 5.75 Å². The first kappa shape index (κ1) is 33.1. The summed E-state index contributed by atoms with van der Waals surface area (Å²) in [5.74, 6) is 1.09. The van der Waals surface area contributed by atoms with Crippen LogP contribution in [0.25, 0.3) is 0 Å². The number of hydrogen-bond acceptors (Lipinski definition) is 4. The van der Waals surface area contributed by atoms with Gasteiger partial charge < -0.3 is 15.5 Å². The number of carboxylic acid groups (broad SMARTS) is 2. The third-order valence-electron chi connectivity index (χ3n) is 5.35. The van der Waals surface area contributed by atoms with Crippen molar-refractivity contribution < 1.29 is 37.8 Å². The van der Waals surface area contributed by atoms with E-state index in [0.717, 1.165) is 31.0 Å². The molecule has 0 saturated carbocycles. The number of rotatable bonds is 20. The lowest BCUT2D eigenvalue weighted by Gasteiger charge is -2.17. The zero-order valence-corrected chi connectivity index (χ0v) is 21.4.